The number of ether oxygens (including phenoxy) is 2. The van der Waals surface area contributed by atoms with E-state index in [0.29, 0.717) is 0 Å². The lowest BCUT2D eigenvalue weighted by atomic mass is 10.1. The molecule has 18 heavy (non-hydrogen) atoms. The van der Waals surface area contributed by atoms with E-state index in [1.807, 2.05) is 0 Å². The van der Waals surface area contributed by atoms with Crippen molar-refractivity contribution >= 4 is 5.97 Å². The highest BCUT2D eigenvalue weighted by molar-refractivity contribution is 5.71. The lowest BCUT2D eigenvalue weighted by Crippen LogP contribution is -2.18. The van der Waals surface area contributed by atoms with Crippen molar-refractivity contribution in [2.24, 2.45) is 0 Å². The molecule has 0 aliphatic heterocycles. The molecule has 4 nitrogen and oxygen atoms in total. The van der Waals surface area contributed by atoms with E-state index in [9.17, 15) is 14.3 Å². The molecule has 0 aliphatic rings. The van der Waals surface area contributed by atoms with E-state index in [-0.39, 0.29) is 24.0 Å². The molecule has 1 aromatic carbocycles. The van der Waals surface area contributed by atoms with Crippen molar-refractivity contribution in [1.29, 1.82) is 0 Å². The van der Waals surface area contributed by atoms with E-state index >= 15 is 0 Å². The average Bonchev–Trinajstić information content (AvgIpc) is 2.25. The van der Waals surface area contributed by atoms with E-state index in [4.69, 9.17) is 9.47 Å². The molecule has 0 radical (unpaired) electrons. The van der Waals surface area contributed by atoms with Crippen LogP contribution in [0.1, 0.15) is 32.4 Å². The van der Waals surface area contributed by atoms with Crippen molar-refractivity contribution < 1.29 is 23.8 Å². The van der Waals surface area contributed by atoms with Crippen LogP contribution in [-0.4, -0.2) is 23.8 Å². The highest BCUT2D eigenvalue weighted by Crippen LogP contribution is 2.21. The Morgan fingerprint density at radius 3 is 2.56 bits per heavy atom. The Morgan fingerprint density at radius 2 is 2.06 bits per heavy atom. The van der Waals surface area contributed by atoms with Gasteiger partial charge in [-0.05, 0) is 32.9 Å². The predicted octanol–water partition coefficient (Wildman–Crippen LogP) is 2.21. The van der Waals surface area contributed by atoms with Crippen LogP contribution < -0.4 is 4.74 Å². The summed E-state index contributed by atoms with van der Waals surface area (Å²) < 4.78 is 23.4. The average molecular weight is 256 g/mol. The largest absolute Gasteiger partial charge is 0.482 e. The summed E-state index contributed by atoms with van der Waals surface area (Å²) in [7, 11) is 0. The van der Waals surface area contributed by atoms with Crippen LogP contribution in [-0.2, 0) is 9.53 Å². The van der Waals surface area contributed by atoms with Crippen LogP contribution in [0.3, 0.4) is 0 Å². The molecule has 0 unspecified atom stereocenters. The second kappa shape index (κ2) is 6.35. The van der Waals surface area contributed by atoms with E-state index in [2.05, 4.69) is 0 Å². The second-order valence-corrected chi connectivity index (χ2v) is 4.19. The highest BCUT2D eigenvalue weighted by atomic mass is 19.1. The zero-order valence-corrected chi connectivity index (χ0v) is 10.6. The molecule has 0 heterocycles. The summed E-state index contributed by atoms with van der Waals surface area (Å²) in [6.45, 7) is 4.66. The fraction of sp³-hybridized carbons (Fsp3) is 0.462. The first-order valence-electron chi connectivity index (χ1n) is 5.70. The van der Waals surface area contributed by atoms with Gasteiger partial charge in [-0.1, -0.05) is 0 Å². The summed E-state index contributed by atoms with van der Waals surface area (Å²) in [6.07, 6.45) is -1.10. The lowest BCUT2D eigenvalue weighted by Gasteiger charge is -2.11. The molecule has 0 saturated carbocycles. The number of halogens is 1. The minimum Gasteiger partial charge on any atom is -0.482 e. The summed E-state index contributed by atoms with van der Waals surface area (Å²) in [6, 6.07) is 4.04. The zero-order valence-electron chi connectivity index (χ0n) is 10.6. The molecular formula is C13H17FO4. The van der Waals surface area contributed by atoms with Crippen LogP contribution in [0.15, 0.2) is 18.2 Å². The number of hydrogen-bond acceptors (Lipinski definition) is 4. The van der Waals surface area contributed by atoms with Gasteiger partial charge in [0, 0.05) is 11.6 Å². The second-order valence-electron chi connectivity index (χ2n) is 4.19. The fourth-order valence-corrected chi connectivity index (χ4v) is 1.38. The topological polar surface area (TPSA) is 55.8 Å². The SMILES string of the molecule is CC(C)OC(=O)COc1ccc([C@@H](C)O)c(F)c1. The third-order valence-electron chi connectivity index (χ3n) is 2.15. The predicted molar refractivity (Wildman–Crippen MR) is 63.8 cm³/mol. The smallest absolute Gasteiger partial charge is 0.344 e. The van der Waals surface area contributed by atoms with Crippen LogP contribution in [0.2, 0.25) is 0 Å². The summed E-state index contributed by atoms with van der Waals surface area (Å²) >= 11 is 0. The Kier molecular flexibility index (Phi) is 5.09. The maximum absolute atomic E-state index is 13.5. The quantitative estimate of drug-likeness (QED) is 0.821. The first-order chi connectivity index (χ1) is 8.40. The monoisotopic (exact) mass is 256 g/mol. The molecule has 5 heteroatoms. The number of aliphatic hydroxyl groups is 1. The van der Waals surface area contributed by atoms with E-state index in [1.54, 1.807) is 13.8 Å². The van der Waals surface area contributed by atoms with Crippen LogP contribution in [0.25, 0.3) is 0 Å². The fourth-order valence-electron chi connectivity index (χ4n) is 1.38. The maximum atomic E-state index is 13.5. The molecule has 100 valence electrons. The molecule has 1 aromatic rings. The highest BCUT2D eigenvalue weighted by Gasteiger charge is 2.11. The number of benzene rings is 1. The van der Waals surface area contributed by atoms with Gasteiger partial charge in [0.15, 0.2) is 6.61 Å². The summed E-state index contributed by atoms with van der Waals surface area (Å²) in [5, 5.41) is 9.26. The Balaban J connectivity index is 2.59. The van der Waals surface area contributed by atoms with Crippen molar-refractivity contribution in [3.63, 3.8) is 0 Å². The van der Waals surface area contributed by atoms with Gasteiger partial charge in [0.1, 0.15) is 11.6 Å². The van der Waals surface area contributed by atoms with Gasteiger partial charge < -0.3 is 14.6 Å². The summed E-state index contributed by atoms with van der Waals surface area (Å²) in [4.78, 5) is 11.2. The van der Waals surface area contributed by atoms with E-state index in [0.717, 1.165) is 6.07 Å². The molecule has 0 amide bonds. The first kappa shape index (κ1) is 14.4. The normalized spacial score (nSPS) is 12.3. The third-order valence-corrected chi connectivity index (χ3v) is 2.15. The Hall–Kier alpha value is -1.62. The van der Waals surface area contributed by atoms with Gasteiger partial charge in [0.25, 0.3) is 0 Å². The standard InChI is InChI=1S/C13H17FO4/c1-8(2)18-13(16)7-17-10-4-5-11(9(3)15)12(14)6-10/h4-6,8-9,15H,7H2,1-3H3/t9-/m1/s1. The van der Waals surface area contributed by atoms with Gasteiger partial charge >= 0.3 is 5.97 Å². The Morgan fingerprint density at radius 1 is 1.39 bits per heavy atom. The number of hydrogen-bond donors (Lipinski definition) is 1. The van der Waals surface area contributed by atoms with Crippen molar-refractivity contribution in [2.75, 3.05) is 6.61 Å². The molecule has 1 N–H and O–H groups in total. The van der Waals surface area contributed by atoms with Crippen molar-refractivity contribution in [2.45, 2.75) is 33.0 Å². The van der Waals surface area contributed by atoms with Crippen molar-refractivity contribution in [3.8, 4) is 5.75 Å². The van der Waals surface area contributed by atoms with Crippen LogP contribution >= 0.6 is 0 Å². The Bertz CT molecular complexity index is 415. The van der Waals surface area contributed by atoms with Crippen LogP contribution in [0.4, 0.5) is 4.39 Å². The van der Waals surface area contributed by atoms with Crippen molar-refractivity contribution in [1.82, 2.24) is 0 Å². The van der Waals surface area contributed by atoms with Crippen molar-refractivity contribution in [3.05, 3.63) is 29.6 Å². The van der Waals surface area contributed by atoms with Crippen LogP contribution in [0, 0.1) is 5.82 Å². The number of carbonyl (C=O) groups excluding carboxylic acids is 1. The van der Waals surface area contributed by atoms with E-state index in [1.165, 1.54) is 19.1 Å². The number of aliphatic hydroxyl groups excluding tert-OH is 1. The zero-order chi connectivity index (χ0) is 13.7. The van der Waals surface area contributed by atoms with E-state index < -0.39 is 17.9 Å². The molecule has 1 rings (SSSR count). The molecule has 0 saturated heterocycles. The molecule has 0 bridgehead atoms. The third kappa shape index (κ3) is 4.33. The summed E-state index contributed by atoms with van der Waals surface area (Å²) in [5.74, 6) is -0.859. The molecule has 0 aliphatic carbocycles. The molecule has 0 fully saturated rings. The minimum atomic E-state index is -0.884. The van der Waals surface area contributed by atoms with Gasteiger partial charge in [0.2, 0.25) is 0 Å². The maximum Gasteiger partial charge on any atom is 0.344 e. The molecule has 0 aromatic heterocycles. The summed E-state index contributed by atoms with van der Waals surface area (Å²) in [5.41, 5.74) is 0.187. The van der Waals surface area contributed by atoms with Gasteiger partial charge in [-0.3, -0.25) is 0 Å². The van der Waals surface area contributed by atoms with Gasteiger partial charge in [-0.2, -0.15) is 0 Å². The number of carbonyl (C=O) groups is 1. The number of esters is 1. The molecule has 0 spiro atoms. The molecule has 1 atom stereocenters. The number of rotatable bonds is 5. The van der Waals surface area contributed by atoms with Gasteiger partial charge in [-0.15, -0.1) is 0 Å². The van der Waals surface area contributed by atoms with Crippen LogP contribution in [0.5, 0.6) is 5.75 Å². The lowest BCUT2D eigenvalue weighted by molar-refractivity contribution is -0.149. The first-order valence-corrected chi connectivity index (χ1v) is 5.70. The minimum absolute atomic E-state index is 0.187. The molecular weight excluding hydrogens is 239 g/mol. The Labute approximate surface area is 105 Å². The van der Waals surface area contributed by atoms with Gasteiger partial charge in [-0.25, -0.2) is 9.18 Å². The van der Waals surface area contributed by atoms with Gasteiger partial charge in [0.05, 0.1) is 12.2 Å².